The van der Waals surface area contributed by atoms with Gasteiger partial charge in [-0.2, -0.15) is 18.3 Å². The van der Waals surface area contributed by atoms with E-state index < -0.39 is 49.7 Å². The maximum Gasteiger partial charge on any atom is 0.416 e. The molecule has 0 unspecified atom stereocenters. The molecule has 0 aliphatic heterocycles. The summed E-state index contributed by atoms with van der Waals surface area (Å²) in [5.41, 5.74) is 0.592. The zero-order valence-electron chi connectivity index (χ0n) is 17.7. The van der Waals surface area contributed by atoms with Crippen molar-refractivity contribution in [3.05, 3.63) is 100 Å². The average Bonchev–Trinajstić information content (AvgIpc) is 2.82. The zero-order valence-corrected chi connectivity index (χ0v) is 18.5. The summed E-state index contributed by atoms with van der Waals surface area (Å²) >= 11 is 0. The molecular formula is C22H17F3N4O5S. The third kappa shape index (κ3) is 6.20. The number of nitrogens with zero attached hydrogens (tertiary/aromatic N) is 3. The molecule has 0 heterocycles. The second kappa shape index (κ2) is 10.3. The predicted molar refractivity (Wildman–Crippen MR) is 121 cm³/mol. The number of benzene rings is 3. The number of alkyl halides is 3. The van der Waals surface area contributed by atoms with Gasteiger partial charge >= 0.3 is 6.18 Å². The van der Waals surface area contributed by atoms with Crippen LogP contribution in [0.2, 0.25) is 0 Å². The highest BCUT2D eigenvalue weighted by atomic mass is 32.2. The van der Waals surface area contributed by atoms with E-state index >= 15 is 0 Å². The van der Waals surface area contributed by atoms with Crippen molar-refractivity contribution in [2.24, 2.45) is 5.10 Å². The minimum absolute atomic E-state index is 0.0487. The Kier molecular flexibility index (Phi) is 7.49. The molecule has 0 spiro atoms. The molecule has 3 aromatic carbocycles. The zero-order chi connectivity index (χ0) is 25.6. The van der Waals surface area contributed by atoms with Crippen LogP contribution in [0.1, 0.15) is 11.1 Å². The molecule has 3 aromatic rings. The van der Waals surface area contributed by atoms with Crippen molar-refractivity contribution in [3.63, 3.8) is 0 Å². The number of nitrogens with one attached hydrogen (secondary N) is 1. The minimum Gasteiger partial charge on any atom is -0.271 e. The highest BCUT2D eigenvalue weighted by molar-refractivity contribution is 7.93. The lowest BCUT2D eigenvalue weighted by Crippen LogP contribution is -2.39. The van der Waals surface area contributed by atoms with Crippen molar-refractivity contribution >= 4 is 33.5 Å². The van der Waals surface area contributed by atoms with Gasteiger partial charge in [0.15, 0.2) is 4.90 Å². The maximum atomic E-state index is 13.3. The van der Waals surface area contributed by atoms with Gasteiger partial charge in [0, 0.05) is 6.07 Å². The first kappa shape index (κ1) is 25.4. The molecule has 0 saturated carbocycles. The van der Waals surface area contributed by atoms with Crippen LogP contribution in [-0.4, -0.2) is 32.0 Å². The number of hydrogen-bond acceptors (Lipinski definition) is 6. The number of halogens is 3. The number of hydrogen-bond donors (Lipinski definition) is 1. The van der Waals surface area contributed by atoms with Crippen LogP contribution in [0.5, 0.6) is 0 Å². The monoisotopic (exact) mass is 506 g/mol. The predicted octanol–water partition coefficient (Wildman–Crippen LogP) is 3.96. The summed E-state index contributed by atoms with van der Waals surface area (Å²) in [6.07, 6.45) is -3.59. The summed E-state index contributed by atoms with van der Waals surface area (Å²) in [4.78, 5) is 22.4. The highest BCUT2D eigenvalue weighted by Gasteiger charge is 2.33. The average molecular weight is 506 g/mol. The molecule has 3 rings (SSSR count). The minimum atomic E-state index is -4.57. The number of hydrazone groups is 1. The molecule has 0 aliphatic carbocycles. The number of anilines is 1. The van der Waals surface area contributed by atoms with Gasteiger partial charge in [0.05, 0.1) is 22.4 Å². The molecule has 0 aliphatic rings. The number of carbonyl (C=O) groups excluding carboxylic acids is 1. The van der Waals surface area contributed by atoms with Gasteiger partial charge in [-0.15, -0.1) is 0 Å². The van der Waals surface area contributed by atoms with Gasteiger partial charge in [-0.05, 0) is 35.9 Å². The molecule has 0 fully saturated rings. The number of amides is 1. The van der Waals surface area contributed by atoms with Gasteiger partial charge in [0.2, 0.25) is 0 Å². The van der Waals surface area contributed by atoms with Crippen molar-refractivity contribution in [1.82, 2.24) is 5.43 Å². The van der Waals surface area contributed by atoms with Crippen LogP contribution in [0.25, 0.3) is 0 Å². The Labute approximate surface area is 197 Å². The topological polar surface area (TPSA) is 122 Å². The second-order valence-electron chi connectivity index (χ2n) is 6.99. The summed E-state index contributed by atoms with van der Waals surface area (Å²) in [6.45, 7) is -0.807. The normalized spacial score (nSPS) is 11.9. The van der Waals surface area contributed by atoms with Gasteiger partial charge in [0.25, 0.3) is 21.6 Å². The fourth-order valence-corrected chi connectivity index (χ4v) is 4.58. The summed E-state index contributed by atoms with van der Waals surface area (Å²) in [5.74, 6) is -0.931. The van der Waals surface area contributed by atoms with Crippen LogP contribution >= 0.6 is 0 Å². The lowest BCUT2D eigenvalue weighted by atomic mass is 10.1. The summed E-state index contributed by atoms with van der Waals surface area (Å²) in [7, 11) is -4.57. The number of nitro groups is 1. The lowest BCUT2D eigenvalue weighted by Gasteiger charge is -2.23. The number of para-hydroxylation sites is 2. The highest BCUT2D eigenvalue weighted by Crippen LogP contribution is 2.30. The number of carbonyl (C=O) groups is 1. The Morgan fingerprint density at radius 2 is 1.69 bits per heavy atom. The molecule has 9 nitrogen and oxygen atoms in total. The van der Waals surface area contributed by atoms with Gasteiger partial charge in [-0.3, -0.25) is 19.2 Å². The molecule has 0 aromatic heterocycles. The van der Waals surface area contributed by atoms with E-state index in [0.717, 1.165) is 30.5 Å². The fourth-order valence-electron chi connectivity index (χ4n) is 2.99. The van der Waals surface area contributed by atoms with E-state index in [2.05, 4.69) is 10.5 Å². The van der Waals surface area contributed by atoms with E-state index in [9.17, 15) is 36.5 Å². The molecule has 1 N–H and O–H groups in total. The van der Waals surface area contributed by atoms with Crippen LogP contribution in [0.4, 0.5) is 24.5 Å². The van der Waals surface area contributed by atoms with E-state index in [4.69, 9.17) is 0 Å². The van der Waals surface area contributed by atoms with Crippen molar-refractivity contribution in [2.75, 3.05) is 10.8 Å². The van der Waals surface area contributed by atoms with E-state index in [1.54, 1.807) is 6.07 Å². The van der Waals surface area contributed by atoms with E-state index in [-0.39, 0.29) is 11.3 Å². The maximum absolute atomic E-state index is 13.3. The molecule has 13 heteroatoms. The van der Waals surface area contributed by atoms with Gasteiger partial charge in [-0.1, -0.05) is 42.5 Å². The SMILES string of the molecule is O=C(CN(c1ccccc1)S(=O)(=O)c1ccccc1[N+](=O)[O-])N/N=C\c1cccc(C(F)(F)F)c1. The Hall–Kier alpha value is -4.26. The van der Waals surface area contributed by atoms with Crippen molar-refractivity contribution in [2.45, 2.75) is 11.1 Å². The molecule has 0 radical (unpaired) electrons. The Bertz CT molecular complexity index is 1360. The quantitative estimate of drug-likeness (QED) is 0.282. The Morgan fingerprint density at radius 3 is 2.34 bits per heavy atom. The third-order valence-electron chi connectivity index (χ3n) is 4.58. The van der Waals surface area contributed by atoms with Gasteiger partial charge in [-0.25, -0.2) is 13.8 Å². The van der Waals surface area contributed by atoms with Crippen LogP contribution in [-0.2, 0) is 21.0 Å². The van der Waals surface area contributed by atoms with Gasteiger partial charge in [0.1, 0.15) is 6.54 Å². The number of sulfonamides is 1. The van der Waals surface area contributed by atoms with E-state index in [1.807, 2.05) is 0 Å². The number of rotatable bonds is 8. The third-order valence-corrected chi connectivity index (χ3v) is 6.40. The van der Waals surface area contributed by atoms with Crippen molar-refractivity contribution in [3.8, 4) is 0 Å². The van der Waals surface area contributed by atoms with Crippen LogP contribution < -0.4 is 9.73 Å². The summed E-state index contributed by atoms with van der Waals surface area (Å²) in [5, 5.41) is 15.0. The van der Waals surface area contributed by atoms with Crippen molar-refractivity contribution in [1.29, 1.82) is 0 Å². The molecule has 0 atom stereocenters. The Morgan fingerprint density at radius 1 is 1.03 bits per heavy atom. The van der Waals surface area contributed by atoms with Crippen LogP contribution in [0, 0.1) is 10.1 Å². The molecule has 1 amide bonds. The van der Waals surface area contributed by atoms with Crippen LogP contribution in [0.15, 0.2) is 88.9 Å². The second-order valence-corrected chi connectivity index (χ2v) is 8.82. The smallest absolute Gasteiger partial charge is 0.271 e. The van der Waals surface area contributed by atoms with E-state index in [1.165, 1.54) is 48.5 Å². The first-order chi connectivity index (χ1) is 16.5. The first-order valence-corrected chi connectivity index (χ1v) is 11.2. The van der Waals surface area contributed by atoms with Gasteiger partial charge < -0.3 is 0 Å². The van der Waals surface area contributed by atoms with Crippen LogP contribution in [0.3, 0.4) is 0 Å². The molecule has 0 saturated heterocycles. The molecular weight excluding hydrogens is 489 g/mol. The first-order valence-electron chi connectivity index (χ1n) is 9.80. The Balaban J connectivity index is 1.86. The fraction of sp³-hybridized carbons (Fsp3) is 0.0909. The molecule has 35 heavy (non-hydrogen) atoms. The number of nitro benzene ring substituents is 1. The largest absolute Gasteiger partial charge is 0.416 e. The molecule has 182 valence electrons. The molecule has 0 bridgehead atoms. The summed E-state index contributed by atoms with van der Waals surface area (Å²) in [6, 6.07) is 16.3. The van der Waals surface area contributed by atoms with E-state index in [0.29, 0.717) is 4.31 Å². The lowest BCUT2D eigenvalue weighted by molar-refractivity contribution is -0.387. The standard InChI is InChI=1S/C22H17F3N4O5S/c23-22(24,25)17-8-6-7-16(13-17)14-26-27-21(30)15-28(18-9-2-1-3-10-18)35(33,34)20-12-5-4-11-19(20)29(31)32/h1-14H,15H2,(H,27,30)/b26-14-. The summed E-state index contributed by atoms with van der Waals surface area (Å²) < 4.78 is 65.8. The van der Waals surface area contributed by atoms with Crippen molar-refractivity contribution < 1.29 is 31.3 Å².